The zero-order chi connectivity index (χ0) is 20.3. The summed E-state index contributed by atoms with van der Waals surface area (Å²) in [5.74, 6) is -0.227. The van der Waals surface area contributed by atoms with Gasteiger partial charge in [-0.25, -0.2) is 0 Å². The molecule has 1 aliphatic rings. The first-order chi connectivity index (χ1) is 13.4. The van der Waals surface area contributed by atoms with Crippen LogP contribution in [0, 0.1) is 10.1 Å². The van der Waals surface area contributed by atoms with Gasteiger partial charge in [0.1, 0.15) is 11.4 Å². The van der Waals surface area contributed by atoms with Gasteiger partial charge in [-0.15, -0.1) is 0 Å². The first kappa shape index (κ1) is 19.2. The largest absolute Gasteiger partial charge is 0.497 e. The minimum Gasteiger partial charge on any atom is -0.497 e. The van der Waals surface area contributed by atoms with E-state index in [0.717, 1.165) is 0 Å². The number of ether oxygens (including phenoxy) is 1. The number of anilines is 1. The Labute approximate surface area is 161 Å². The van der Waals surface area contributed by atoms with E-state index < -0.39 is 10.8 Å². The second kappa shape index (κ2) is 7.95. The lowest BCUT2D eigenvalue weighted by molar-refractivity contribution is -0.384. The summed E-state index contributed by atoms with van der Waals surface area (Å²) < 4.78 is 5.15. The minimum atomic E-state index is -0.719. The van der Waals surface area contributed by atoms with Gasteiger partial charge in [0, 0.05) is 43.4 Å². The number of amides is 2. The van der Waals surface area contributed by atoms with Crippen LogP contribution in [0.15, 0.2) is 42.5 Å². The predicted octanol–water partition coefficient (Wildman–Crippen LogP) is 1.66. The zero-order valence-electron chi connectivity index (χ0n) is 15.3. The highest BCUT2D eigenvalue weighted by Crippen LogP contribution is 2.30. The highest BCUT2D eigenvalue weighted by molar-refractivity contribution is 5.95. The summed E-state index contributed by atoms with van der Waals surface area (Å²) in [7, 11) is 1.54. The van der Waals surface area contributed by atoms with Gasteiger partial charge in [-0.1, -0.05) is 6.07 Å². The monoisotopic (exact) mass is 384 g/mol. The highest BCUT2D eigenvalue weighted by Gasteiger charge is 2.27. The van der Waals surface area contributed by atoms with E-state index in [1.54, 1.807) is 36.3 Å². The number of hydrogen-bond donors (Lipinski definition) is 1. The molecule has 9 heteroatoms. The van der Waals surface area contributed by atoms with Crippen molar-refractivity contribution in [3.63, 3.8) is 0 Å². The smallest absolute Gasteiger partial charge is 0.293 e. The third-order valence-corrected chi connectivity index (χ3v) is 4.68. The number of primary amides is 1. The number of benzene rings is 2. The number of carbonyl (C=O) groups is 2. The Morgan fingerprint density at radius 1 is 1.07 bits per heavy atom. The standard InChI is InChI=1S/C19H20N4O5/c1-28-15-4-2-3-14(11-15)19(25)22-9-7-21(8-10-22)16-6-5-13(18(20)24)12-17(16)23(26)27/h2-6,11-12H,7-10H2,1H3,(H2,20,24). The molecule has 3 rings (SSSR count). The number of methoxy groups -OCH3 is 1. The van der Waals surface area contributed by atoms with Gasteiger partial charge in [0.05, 0.1) is 12.0 Å². The number of nitrogens with two attached hydrogens (primary N) is 1. The molecule has 2 amide bonds. The summed E-state index contributed by atoms with van der Waals surface area (Å²) in [5.41, 5.74) is 6.06. The van der Waals surface area contributed by atoms with Gasteiger partial charge < -0.3 is 20.3 Å². The third kappa shape index (κ3) is 3.88. The molecule has 0 aliphatic carbocycles. The maximum absolute atomic E-state index is 12.7. The number of hydrogen-bond acceptors (Lipinski definition) is 6. The summed E-state index contributed by atoms with van der Waals surface area (Å²) in [6.07, 6.45) is 0. The van der Waals surface area contributed by atoms with Crippen molar-refractivity contribution in [1.82, 2.24) is 4.90 Å². The lowest BCUT2D eigenvalue weighted by Gasteiger charge is -2.36. The van der Waals surface area contributed by atoms with E-state index >= 15 is 0 Å². The van der Waals surface area contributed by atoms with Crippen molar-refractivity contribution in [3.8, 4) is 5.75 Å². The minimum absolute atomic E-state index is 0.0855. The highest BCUT2D eigenvalue weighted by atomic mass is 16.6. The van der Waals surface area contributed by atoms with Crippen molar-refractivity contribution in [1.29, 1.82) is 0 Å². The molecule has 1 fully saturated rings. The lowest BCUT2D eigenvalue weighted by atomic mass is 10.1. The number of rotatable bonds is 5. The molecule has 146 valence electrons. The fourth-order valence-corrected chi connectivity index (χ4v) is 3.18. The molecule has 1 heterocycles. The number of nitrogens with zero attached hydrogens (tertiary/aromatic N) is 3. The van der Waals surface area contributed by atoms with Crippen LogP contribution in [0.1, 0.15) is 20.7 Å². The Kier molecular flexibility index (Phi) is 5.44. The van der Waals surface area contributed by atoms with Gasteiger partial charge in [-0.3, -0.25) is 19.7 Å². The van der Waals surface area contributed by atoms with Gasteiger partial charge in [-0.2, -0.15) is 0 Å². The molecule has 0 unspecified atom stereocenters. The van der Waals surface area contributed by atoms with E-state index in [9.17, 15) is 19.7 Å². The second-order valence-corrected chi connectivity index (χ2v) is 6.34. The van der Waals surface area contributed by atoms with E-state index in [0.29, 0.717) is 43.2 Å². The predicted molar refractivity (Wildman–Crippen MR) is 103 cm³/mol. The van der Waals surface area contributed by atoms with Crippen molar-refractivity contribution in [2.24, 2.45) is 5.73 Å². The van der Waals surface area contributed by atoms with E-state index in [2.05, 4.69) is 0 Å². The molecule has 2 aromatic rings. The van der Waals surface area contributed by atoms with Crippen molar-refractivity contribution in [3.05, 3.63) is 63.7 Å². The van der Waals surface area contributed by atoms with Crippen LogP contribution in [0.25, 0.3) is 0 Å². The number of nitro benzene ring substituents is 1. The average molecular weight is 384 g/mol. The van der Waals surface area contributed by atoms with Crippen LogP contribution in [0.4, 0.5) is 11.4 Å². The fourth-order valence-electron chi connectivity index (χ4n) is 3.18. The Balaban J connectivity index is 1.74. The first-order valence-corrected chi connectivity index (χ1v) is 8.67. The molecule has 1 aliphatic heterocycles. The molecule has 0 spiro atoms. The van der Waals surface area contributed by atoms with E-state index in [1.807, 2.05) is 4.90 Å². The fraction of sp³-hybridized carbons (Fsp3) is 0.263. The Morgan fingerprint density at radius 3 is 2.39 bits per heavy atom. The average Bonchev–Trinajstić information content (AvgIpc) is 2.72. The summed E-state index contributed by atoms with van der Waals surface area (Å²) in [4.78, 5) is 38.4. The first-order valence-electron chi connectivity index (χ1n) is 8.67. The summed E-state index contributed by atoms with van der Waals surface area (Å²) in [6, 6.07) is 11.1. The second-order valence-electron chi connectivity index (χ2n) is 6.34. The van der Waals surface area contributed by atoms with Crippen molar-refractivity contribution in [2.45, 2.75) is 0 Å². The van der Waals surface area contributed by atoms with Gasteiger partial charge in [0.25, 0.3) is 11.6 Å². The van der Waals surface area contributed by atoms with Crippen LogP contribution in [-0.4, -0.2) is 54.9 Å². The number of carbonyl (C=O) groups excluding carboxylic acids is 2. The molecule has 0 bridgehead atoms. The van der Waals surface area contributed by atoms with Gasteiger partial charge in [-0.05, 0) is 30.3 Å². The van der Waals surface area contributed by atoms with E-state index in [4.69, 9.17) is 10.5 Å². The summed E-state index contributed by atoms with van der Waals surface area (Å²) in [5, 5.41) is 11.4. The van der Waals surface area contributed by atoms with Gasteiger partial charge in [0.15, 0.2) is 0 Å². The Morgan fingerprint density at radius 2 is 1.79 bits per heavy atom. The molecule has 9 nitrogen and oxygen atoms in total. The van der Waals surface area contributed by atoms with Crippen LogP contribution in [-0.2, 0) is 0 Å². The number of piperazine rings is 1. The lowest BCUT2D eigenvalue weighted by Crippen LogP contribution is -2.49. The maximum atomic E-state index is 12.7. The number of nitro groups is 1. The van der Waals surface area contributed by atoms with Gasteiger partial charge in [0.2, 0.25) is 5.91 Å². The van der Waals surface area contributed by atoms with Crippen LogP contribution >= 0.6 is 0 Å². The molecule has 0 aromatic heterocycles. The summed E-state index contributed by atoms with van der Waals surface area (Å²) >= 11 is 0. The molecular weight excluding hydrogens is 364 g/mol. The molecule has 2 aromatic carbocycles. The quantitative estimate of drug-likeness (QED) is 0.619. The Bertz CT molecular complexity index is 922. The normalized spacial score (nSPS) is 13.9. The molecule has 0 radical (unpaired) electrons. The van der Waals surface area contributed by atoms with Crippen LogP contribution in [0.2, 0.25) is 0 Å². The molecular formula is C19H20N4O5. The van der Waals surface area contributed by atoms with Crippen LogP contribution in [0.3, 0.4) is 0 Å². The molecule has 28 heavy (non-hydrogen) atoms. The molecule has 1 saturated heterocycles. The zero-order valence-corrected chi connectivity index (χ0v) is 15.3. The SMILES string of the molecule is COc1cccc(C(=O)N2CCN(c3ccc(C(N)=O)cc3[N+](=O)[O-])CC2)c1. The van der Waals surface area contributed by atoms with Gasteiger partial charge >= 0.3 is 0 Å². The van der Waals surface area contributed by atoms with Crippen molar-refractivity contribution >= 4 is 23.2 Å². The molecule has 2 N–H and O–H groups in total. The molecule has 0 atom stereocenters. The Hall–Kier alpha value is -3.62. The topological polar surface area (TPSA) is 119 Å². The molecule has 0 saturated carbocycles. The maximum Gasteiger partial charge on any atom is 0.293 e. The van der Waals surface area contributed by atoms with Crippen LogP contribution in [0.5, 0.6) is 5.75 Å². The third-order valence-electron chi connectivity index (χ3n) is 4.68. The van der Waals surface area contributed by atoms with Crippen molar-refractivity contribution in [2.75, 3.05) is 38.2 Å². The summed E-state index contributed by atoms with van der Waals surface area (Å²) in [6.45, 7) is 1.72. The van der Waals surface area contributed by atoms with Crippen molar-refractivity contribution < 1.29 is 19.2 Å². The van der Waals surface area contributed by atoms with E-state index in [1.165, 1.54) is 18.2 Å². The van der Waals surface area contributed by atoms with Crippen LogP contribution < -0.4 is 15.4 Å². The van der Waals surface area contributed by atoms with E-state index in [-0.39, 0.29) is 17.2 Å².